The van der Waals surface area contributed by atoms with Crippen molar-refractivity contribution in [3.63, 3.8) is 0 Å². The molecular formula is C15H29N3O2. The van der Waals surface area contributed by atoms with Crippen LogP contribution in [0, 0.1) is 5.92 Å². The highest BCUT2D eigenvalue weighted by molar-refractivity contribution is 5.77. The van der Waals surface area contributed by atoms with Gasteiger partial charge in [-0.15, -0.1) is 0 Å². The Morgan fingerprint density at radius 3 is 2.55 bits per heavy atom. The van der Waals surface area contributed by atoms with Gasteiger partial charge in [0.25, 0.3) is 0 Å². The summed E-state index contributed by atoms with van der Waals surface area (Å²) in [4.78, 5) is 23.1. The molecular weight excluding hydrogens is 254 g/mol. The minimum Gasteiger partial charge on any atom is -0.356 e. The molecule has 1 aliphatic carbocycles. The minimum absolute atomic E-state index is 0.0862. The average molecular weight is 283 g/mol. The van der Waals surface area contributed by atoms with Crippen molar-refractivity contribution in [2.24, 2.45) is 11.7 Å². The summed E-state index contributed by atoms with van der Waals surface area (Å²) in [6.45, 7) is 3.41. The number of nitrogens with two attached hydrogens (primary N) is 1. The summed E-state index contributed by atoms with van der Waals surface area (Å²) in [7, 11) is 0. The highest BCUT2D eigenvalue weighted by Crippen LogP contribution is 2.18. The molecule has 0 aromatic heterocycles. The van der Waals surface area contributed by atoms with E-state index in [0.29, 0.717) is 44.3 Å². The van der Waals surface area contributed by atoms with Gasteiger partial charge in [-0.3, -0.25) is 9.59 Å². The molecule has 0 aromatic rings. The lowest BCUT2D eigenvalue weighted by molar-refractivity contribution is -0.123. The minimum atomic E-state index is 0.0862. The molecule has 0 aromatic carbocycles. The molecule has 1 unspecified atom stereocenters. The second-order valence-corrected chi connectivity index (χ2v) is 5.69. The Morgan fingerprint density at radius 2 is 1.95 bits per heavy atom. The Balaban J connectivity index is 1.97. The molecule has 1 fully saturated rings. The first-order valence-corrected chi connectivity index (χ1v) is 7.91. The molecule has 0 aliphatic heterocycles. The van der Waals surface area contributed by atoms with E-state index in [1.54, 1.807) is 0 Å². The maximum atomic E-state index is 11.7. The number of nitrogens with one attached hydrogen (secondary N) is 2. The van der Waals surface area contributed by atoms with Crippen LogP contribution in [0.4, 0.5) is 0 Å². The van der Waals surface area contributed by atoms with Crippen LogP contribution in [-0.4, -0.2) is 30.9 Å². The first-order valence-electron chi connectivity index (χ1n) is 7.91. The van der Waals surface area contributed by atoms with E-state index in [-0.39, 0.29) is 11.8 Å². The monoisotopic (exact) mass is 283 g/mol. The first-order chi connectivity index (χ1) is 9.65. The van der Waals surface area contributed by atoms with Crippen LogP contribution in [0.2, 0.25) is 0 Å². The maximum Gasteiger partial charge on any atom is 0.220 e. The van der Waals surface area contributed by atoms with Crippen molar-refractivity contribution >= 4 is 11.8 Å². The predicted octanol–water partition coefficient (Wildman–Crippen LogP) is 1.32. The third-order valence-electron chi connectivity index (χ3n) is 3.78. The van der Waals surface area contributed by atoms with Gasteiger partial charge in [0.15, 0.2) is 0 Å². The Kier molecular flexibility index (Phi) is 8.26. The summed E-state index contributed by atoms with van der Waals surface area (Å²) in [6, 6.07) is 0.422. The van der Waals surface area contributed by atoms with E-state index in [4.69, 9.17) is 5.73 Å². The molecule has 5 heteroatoms. The first kappa shape index (κ1) is 17.0. The van der Waals surface area contributed by atoms with Crippen LogP contribution in [0.3, 0.4) is 0 Å². The van der Waals surface area contributed by atoms with Crippen LogP contribution in [0.5, 0.6) is 0 Å². The van der Waals surface area contributed by atoms with Crippen molar-refractivity contribution in [3.8, 4) is 0 Å². The fourth-order valence-corrected chi connectivity index (χ4v) is 2.22. The molecule has 1 aliphatic rings. The fourth-order valence-electron chi connectivity index (χ4n) is 2.22. The lowest BCUT2D eigenvalue weighted by atomic mass is 9.96. The molecule has 2 amide bonds. The zero-order valence-corrected chi connectivity index (χ0v) is 12.6. The molecule has 4 N–H and O–H groups in total. The molecule has 5 nitrogen and oxygen atoms in total. The molecule has 1 atom stereocenters. The highest BCUT2D eigenvalue weighted by Gasteiger charge is 2.22. The van der Waals surface area contributed by atoms with E-state index in [1.807, 2.05) is 0 Å². The molecule has 0 radical (unpaired) electrons. The summed E-state index contributed by atoms with van der Waals surface area (Å²) in [5, 5.41) is 5.82. The van der Waals surface area contributed by atoms with Gasteiger partial charge in [0, 0.05) is 25.4 Å². The predicted molar refractivity (Wildman–Crippen MR) is 80.1 cm³/mol. The van der Waals surface area contributed by atoms with Crippen LogP contribution >= 0.6 is 0 Å². The molecule has 0 spiro atoms. The fraction of sp³-hybridized carbons (Fsp3) is 0.867. The van der Waals surface area contributed by atoms with E-state index >= 15 is 0 Å². The zero-order chi connectivity index (χ0) is 14.8. The van der Waals surface area contributed by atoms with E-state index in [9.17, 15) is 9.59 Å². The third-order valence-corrected chi connectivity index (χ3v) is 3.78. The van der Waals surface area contributed by atoms with Gasteiger partial charge in [-0.25, -0.2) is 0 Å². The van der Waals surface area contributed by atoms with E-state index in [0.717, 1.165) is 32.1 Å². The van der Waals surface area contributed by atoms with Crippen LogP contribution in [-0.2, 0) is 9.59 Å². The van der Waals surface area contributed by atoms with Gasteiger partial charge in [-0.2, -0.15) is 0 Å². The molecule has 116 valence electrons. The van der Waals surface area contributed by atoms with Gasteiger partial charge in [-0.05, 0) is 44.6 Å². The van der Waals surface area contributed by atoms with Crippen LogP contribution < -0.4 is 16.4 Å². The second kappa shape index (κ2) is 9.75. The lowest BCUT2D eigenvalue weighted by Gasteiger charge is -2.13. The van der Waals surface area contributed by atoms with Crippen molar-refractivity contribution in [2.45, 2.75) is 64.3 Å². The van der Waals surface area contributed by atoms with Crippen molar-refractivity contribution in [2.75, 3.05) is 13.1 Å². The van der Waals surface area contributed by atoms with Crippen LogP contribution in [0.25, 0.3) is 0 Å². The number of hydrogen-bond acceptors (Lipinski definition) is 3. The summed E-state index contributed by atoms with van der Waals surface area (Å²) < 4.78 is 0. The summed E-state index contributed by atoms with van der Waals surface area (Å²) in [6.07, 6.45) is 6.98. The summed E-state index contributed by atoms with van der Waals surface area (Å²) in [5.41, 5.74) is 5.54. The molecule has 0 bridgehead atoms. The molecule has 1 saturated carbocycles. The van der Waals surface area contributed by atoms with Gasteiger partial charge in [0.05, 0.1) is 0 Å². The normalized spacial score (nSPS) is 15.7. The lowest BCUT2D eigenvalue weighted by Crippen LogP contribution is -2.28. The van der Waals surface area contributed by atoms with Gasteiger partial charge < -0.3 is 16.4 Å². The smallest absolute Gasteiger partial charge is 0.220 e. The third kappa shape index (κ3) is 8.15. The summed E-state index contributed by atoms with van der Waals surface area (Å²) >= 11 is 0. The average Bonchev–Trinajstić information content (AvgIpc) is 3.23. The number of hydrogen-bond donors (Lipinski definition) is 3. The number of carbonyl (C=O) groups is 2. The van der Waals surface area contributed by atoms with Crippen molar-refractivity contribution < 1.29 is 9.59 Å². The van der Waals surface area contributed by atoms with Crippen LogP contribution in [0.15, 0.2) is 0 Å². The Labute approximate surface area is 122 Å². The van der Waals surface area contributed by atoms with Crippen molar-refractivity contribution in [1.82, 2.24) is 10.6 Å². The Hall–Kier alpha value is -1.10. The summed E-state index contributed by atoms with van der Waals surface area (Å²) in [5.74, 6) is 0.744. The van der Waals surface area contributed by atoms with Crippen molar-refractivity contribution in [3.05, 3.63) is 0 Å². The zero-order valence-electron chi connectivity index (χ0n) is 12.6. The largest absolute Gasteiger partial charge is 0.356 e. The number of carbonyl (C=O) groups excluding carboxylic acids is 2. The highest BCUT2D eigenvalue weighted by atomic mass is 16.2. The molecule has 0 heterocycles. The van der Waals surface area contributed by atoms with Crippen molar-refractivity contribution in [1.29, 1.82) is 0 Å². The van der Waals surface area contributed by atoms with E-state index in [1.165, 1.54) is 0 Å². The standard InChI is InChI=1S/C15H29N3O2/c1-2-12(9-10-16)5-8-14(19)17-11-3-4-15(20)18-13-6-7-13/h12-13H,2-11,16H2,1H3,(H,17,19)(H,18,20). The van der Waals surface area contributed by atoms with Crippen LogP contribution in [0.1, 0.15) is 58.3 Å². The number of rotatable bonds is 11. The molecule has 1 rings (SSSR count). The molecule has 0 saturated heterocycles. The Morgan fingerprint density at radius 1 is 1.20 bits per heavy atom. The van der Waals surface area contributed by atoms with Gasteiger partial charge in [-0.1, -0.05) is 13.3 Å². The van der Waals surface area contributed by atoms with Gasteiger partial charge >= 0.3 is 0 Å². The SMILES string of the molecule is CCC(CCN)CCC(=O)NCCCC(=O)NC1CC1. The topological polar surface area (TPSA) is 84.2 Å². The Bertz CT molecular complexity index is 303. The quantitative estimate of drug-likeness (QED) is 0.500. The maximum absolute atomic E-state index is 11.7. The van der Waals surface area contributed by atoms with E-state index < -0.39 is 0 Å². The number of amides is 2. The van der Waals surface area contributed by atoms with Gasteiger partial charge in [0.1, 0.15) is 0 Å². The van der Waals surface area contributed by atoms with Gasteiger partial charge in [0.2, 0.25) is 11.8 Å². The molecule has 20 heavy (non-hydrogen) atoms. The van der Waals surface area contributed by atoms with E-state index in [2.05, 4.69) is 17.6 Å². The second-order valence-electron chi connectivity index (χ2n) is 5.69.